The number of hydrogen-bond acceptors (Lipinski definition) is 1. The monoisotopic (exact) mass is 272 g/mol. The van der Waals surface area contributed by atoms with Crippen LogP contribution in [0.4, 0.5) is 4.79 Å². The van der Waals surface area contributed by atoms with Crippen LogP contribution in [0.15, 0.2) is 24.3 Å². The molecular weight excluding hydrogens is 248 g/mol. The Morgan fingerprint density at radius 3 is 2.55 bits per heavy atom. The van der Waals surface area contributed by atoms with Crippen LogP contribution in [0, 0.1) is 12.8 Å². The van der Waals surface area contributed by atoms with Gasteiger partial charge in [-0.3, -0.25) is 0 Å². The topological polar surface area (TPSA) is 32.3 Å². The summed E-state index contributed by atoms with van der Waals surface area (Å²) in [5, 5.41) is 3.14. The van der Waals surface area contributed by atoms with E-state index in [-0.39, 0.29) is 12.1 Å². The summed E-state index contributed by atoms with van der Waals surface area (Å²) < 4.78 is 0. The van der Waals surface area contributed by atoms with Gasteiger partial charge in [0, 0.05) is 12.6 Å². The van der Waals surface area contributed by atoms with Gasteiger partial charge >= 0.3 is 6.03 Å². The van der Waals surface area contributed by atoms with Gasteiger partial charge in [0.05, 0.1) is 6.04 Å². The van der Waals surface area contributed by atoms with Crippen molar-refractivity contribution in [2.75, 3.05) is 6.54 Å². The molecule has 0 spiro atoms. The van der Waals surface area contributed by atoms with Gasteiger partial charge in [0.15, 0.2) is 0 Å². The Bertz CT molecular complexity index is 478. The van der Waals surface area contributed by atoms with Crippen molar-refractivity contribution in [3.63, 3.8) is 0 Å². The molecular formula is C17H24N2O. The first-order chi connectivity index (χ1) is 9.65. The number of nitrogens with one attached hydrogen (secondary N) is 1. The molecule has 20 heavy (non-hydrogen) atoms. The van der Waals surface area contributed by atoms with Crippen molar-refractivity contribution in [2.24, 2.45) is 5.92 Å². The number of hydrogen-bond donors (Lipinski definition) is 1. The molecule has 0 bridgehead atoms. The lowest BCUT2D eigenvalue weighted by Gasteiger charge is -2.40. The van der Waals surface area contributed by atoms with Crippen molar-refractivity contribution in [1.82, 2.24) is 10.2 Å². The maximum Gasteiger partial charge on any atom is 0.318 e. The summed E-state index contributed by atoms with van der Waals surface area (Å²) in [6.07, 6.45) is 4.60. The molecule has 1 heterocycles. The third-order valence-electron chi connectivity index (χ3n) is 4.52. The summed E-state index contributed by atoms with van der Waals surface area (Å²) in [6.45, 7) is 5.24. The highest BCUT2D eigenvalue weighted by Gasteiger charge is 2.35. The number of carbonyl (C=O) groups excluding carboxylic acids is 1. The van der Waals surface area contributed by atoms with Gasteiger partial charge in [-0.25, -0.2) is 4.79 Å². The lowest BCUT2D eigenvalue weighted by Crippen LogP contribution is -2.47. The summed E-state index contributed by atoms with van der Waals surface area (Å²) in [5.74, 6) is 0.524. The zero-order valence-electron chi connectivity index (χ0n) is 12.4. The zero-order valence-corrected chi connectivity index (χ0v) is 12.4. The average Bonchev–Trinajstić information content (AvgIpc) is 3.23. The molecule has 2 aliphatic rings. The van der Waals surface area contributed by atoms with E-state index < -0.39 is 0 Å². The van der Waals surface area contributed by atoms with Crippen LogP contribution in [0.1, 0.15) is 49.8 Å². The van der Waals surface area contributed by atoms with E-state index in [0.717, 1.165) is 25.8 Å². The van der Waals surface area contributed by atoms with E-state index in [9.17, 15) is 4.79 Å². The Morgan fingerprint density at radius 2 is 1.90 bits per heavy atom. The lowest BCUT2D eigenvalue weighted by molar-refractivity contribution is 0.119. The van der Waals surface area contributed by atoms with Crippen molar-refractivity contribution in [3.05, 3.63) is 35.4 Å². The number of aryl methyl sites for hydroxylation is 1. The fraction of sp³-hybridized carbons (Fsp3) is 0.588. The van der Waals surface area contributed by atoms with Gasteiger partial charge in [-0.2, -0.15) is 0 Å². The summed E-state index contributed by atoms with van der Waals surface area (Å²) in [5.41, 5.74) is 2.54. The van der Waals surface area contributed by atoms with Gasteiger partial charge in [-0.15, -0.1) is 0 Å². The van der Waals surface area contributed by atoms with E-state index in [2.05, 4.69) is 48.3 Å². The second-order valence-corrected chi connectivity index (χ2v) is 6.39. The second-order valence-electron chi connectivity index (χ2n) is 6.39. The number of amides is 2. The first-order valence-electron chi connectivity index (χ1n) is 7.79. The van der Waals surface area contributed by atoms with Gasteiger partial charge in [0.2, 0.25) is 0 Å². The van der Waals surface area contributed by atoms with Gasteiger partial charge in [-0.1, -0.05) is 36.8 Å². The molecule has 1 N–H and O–H groups in total. The third kappa shape index (κ3) is 2.82. The molecule has 1 aliphatic heterocycles. The van der Waals surface area contributed by atoms with E-state index >= 15 is 0 Å². The third-order valence-corrected chi connectivity index (χ3v) is 4.52. The van der Waals surface area contributed by atoms with Crippen LogP contribution in [-0.4, -0.2) is 23.5 Å². The minimum absolute atomic E-state index is 0.129. The molecule has 2 unspecified atom stereocenters. The summed E-state index contributed by atoms with van der Waals surface area (Å²) in [6, 6.07) is 9.44. The molecule has 2 amide bonds. The predicted molar refractivity (Wildman–Crippen MR) is 80.6 cm³/mol. The minimum Gasteiger partial charge on any atom is -0.335 e. The molecule has 2 atom stereocenters. The van der Waals surface area contributed by atoms with Crippen LogP contribution < -0.4 is 5.32 Å². The summed E-state index contributed by atoms with van der Waals surface area (Å²) >= 11 is 0. The number of piperidine rings is 1. The van der Waals surface area contributed by atoms with Crippen molar-refractivity contribution >= 4 is 6.03 Å². The molecule has 108 valence electrons. The molecule has 0 radical (unpaired) electrons. The highest BCUT2D eigenvalue weighted by molar-refractivity contribution is 5.75. The number of nitrogens with zero attached hydrogens (tertiary/aromatic N) is 1. The zero-order chi connectivity index (χ0) is 14.1. The Morgan fingerprint density at radius 1 is 1.20 bits per heavy atom. The number of urea groups is 1. The SMILES string of the molecule is Cc1ccc(C2C(C)CCCN2C(=O)NC2CC2)cc1. The molecule has 1 aromatic carbocycles. The Labute approximate surface area is 121 Å². The van der Waals surface area contributed by atoms with Gasteiger partial charge in [0.25, 0.3) is 0 Å². The van der Waals surface area contributed by atoms with Crippen LogP contribution in [0.5, 0.6) is 0 Å². The molecule has 1 saturated heterocycles. The molecule has 1 aliphatic carbocycles. The van der Waals surface area contributed by atoms with Crippen molar-refractivity contribution in [1.29, 1.82) is 0 Å². The second kappa shape index (κ2) is 5.47. The molecule has 2 fully saturated rings. The molecule has 1 aromatic rings. The van der Waals surface area contributed by atoms with Crippen molar-refractivity contribution in [2.45, 2.75) is 51.6 Å². The summed E-state index contributed by atoms with van der Waals surface area (Å²) in [4.78, 5) is 14.5. The smallest absolute Gasteiger partial charge is 0.318 e. The van der Waals surface area contributed by atoms with Crippen LogP contribution in [-0.2, 0) is 0 Å². The number of rotatable bonds is 2. The van der Waals surface area contributed by atoms with E-state index in [1.807, 2.05) is 0 Å². The average molecular weight is 272 g/mol. The summed E-state index contributed by atoms with van der Waals surface area (Å²) in [7, 11) is 0. The standard InChI is InChI=1S/C17H24N2O/c1-12-5-7-14(8-6-12)16-13(2)4-3-11-19(16)17(20)18-15-9-10-15/h5-8,13,15-16H,3-4,9-11H2,1-2H3,(H,18,20). The van der Waals surface area contributed by atoms with Crippen molar-refractivity contribution in [3.8, 4) is 0 Å². The van der Waals surface area contributed by atoms with Gasteiger partial charge < -0.3 is 10.2 Å². The van der Waals surface area contributed by atoms with Gasteiger partial charge in [0.1, 0.15) is 0 Å². The van der Waals surface area contributed by atoms with E-state index in [4.69, 9.17) is 0 Å². The van der Waals surface area contributed by atoms with Crippen molar-refractivity contribution < 1.29 is 4.79 Å². The molecule has 1 saturated carbocycles. The van der Waals surface area contributed by atoms with Crippen LogP contribution in [0.25, 0.3) is 0 Å². The fourth-order valence-electron chi connectivity index (χ4n) is 3.17. The Kier molecular flexibility index (Phi) is 3.68. The first kappa shape index (κ1) is 13.5. The fourth-order valence-corrected chi connectivity index (χ4v) is 3.17. The normalized spacial score (nSPS) is 26.4. The quantitative estimate of drug-likeness (QED) is 0.876. The first-order valence-corrected chi connectivity index (χ1v) is 7.79. The number of likely N-dealkylation sites (tertiary alicyclic amines) is 1. The molecule has 3 rings (SSSR count). The van der Waals surface area contributed by atoms with E-state index in [0.29, 0.717) is 12.0 Å². The van der Waals surface area contributed by atoms with E-state index in [1.54, 1.807) is 0 Å². The largest absolute Gasteiger partial charge is 0.335 e. The van der Waals surface area contributed by atoms with Crippen LogP contribution in [0.3, 0.4) is 0 Å². The highest BCUT2D eigenvalue weighted by atomic mass is 16.2. The molecule has 3 heteroatoms. The Hall–Kier alpha value is -1.51. The predicted octanol–water partition coefficient (Wildman–Crippen LogP) is 3.64. The maximum atomic E-state index is 12.5. The van der Waals surface area contributed by atoms with E-state index in [1.165, 1.54) is 17.5 Å². The van der Waals surface area contributed by atoms with Gasteiger partial charge in [-0.05, 0) is 44.1 Å². The van der Waals surface area contributed by atoms with Crippen LogP contribution >= 0.6 is 0 Å². The molecule has 0 aromatic heterocycles. The minimum atomic E-state index is 0.129. The molecule has 3 nitrogen and oxygen atoms in total. The van der Waals surface area contributed by atoms with Crippen LogP contribution in [0.2, 0.25) is 0 Å². The number of carbonyl (C=O) groups is 1. The highest BCUT2D eigenvalue weighted by Crippen LogP contribution is 2.36. The Balaban J connectivity index is 1.81. The number of benzene rings is 1. The lowest BCUT2D eigenvalue weighted by atomic mass is 9.86. The maximum absolute atomic E-state index is 12.5.